The quantitative estimate of drug-likeness (QED) is 0.844. The van der Waals surface area contributed by atoms with E-state index in [0.717, 1.165) is 35.8 Å². The molecule has 0 bridgehead atoms. The molecule has 0 aromatic carbocycles. The molecule has 0 N–H and O–H groups in total. The first-order valence-electron chi connectivity index (χ1n) is 9.35. The van der Waals surface area contributed by atoms with E-state index in [0.29, 0.717) is 5.92 Å². The molecule has 2 fully saturated rings. The smallest absolute Gasteiger partial charge is 0.163 e. The molecule has 1 saturated heterocycles. The minimum atomic E-state index is 0.523. The molecule has 0 atom stereocenters. The monoisotopic (exact) mass is 328 g/mol. The molecule has 0 amide bonds. The van der Waals surface area contributed by atoms with E-state index >= 15 is 0 Å². The van der Waals surface area contributed by atoms with Gasteiger partial charge in [0.15, 0.2) is 5.65 Å². The molecule has 6 nitrogen and oxygen atoms in total. The van der Waals surface area contributed by atoms with E-state index in [1.165, 1.54) is 51.6 Å². The van der Waals surface area contributed by atoms with Crippen molar-refractivity contribution in [3.05, 3.63) is 12.0 Å². The first-order valence-corrected chi connectivity index (χ1v) is 9.35. The second-order valence-corrected chi connectivity index (χ2v) is 7.36. The van der Waals surface area contributed by atoms with Crippen LogP contribution in [0.2, 0.25) is 0 Å². The van der Waals surface area contributed by atoms with Crippen LogP contribution in [0.3, 0.4) is 0 Å². The Balaban J connectivity index is 1.61. The van der Waals surface area contributed by atoms with Gasteiger partial charge in [-0.25, -0.2) is 9.97 Å². The second-order valence-electron chi connectivity index (χ2n) is 7.36. The number of hydrogen-bond donors (Lipinski definition) is 0. The number of nitrogens with zero attached hydrogens (tertiary/aromatic N) is 6. The van der Waals surface area contributed by atoms with Gasteiger partial charge in [-0.05, 0) is 38.8 Å². The lowest BCUT2D eigenvalue weighted by Crippen LogP contribution is -2.32. The highest BCUT2D eigenvalue weighted by Gasteiger charge is 2.23. The van der Waals surface area contributed by atoms with Crippen LogP contribution in [-0.2, 0) is 7.05 Å². The third kappa shape index (κ3) is 2.99. The van der Waals surface area contributed by atoms with E-state index in [9.17, 15) is 0 Å². The van der Waals surface area contributed by atoms with Crippen molar-refractivity contribution < 1.29 is 0 Å². The summed E-state index contributed by atoms with van der Waals surface area (Å²) in [4.78, 5) is 14.7. The molecule has 1 aliphatic carbocycles. The van der Waals surface area contributed by atoms with Gasteiger partial charge >= 0.3 is 0 Å². The predicted molar refractivity (Wildman–Crippen MR) is 96.5 cm³/mol. The molecule has 0 radical (unpaired) electrons. The van der Waals surface area contributed by atoms with Gasteiger partial charge in [-0.1, -0.05) is 12.8 Å². The molecule has 1 aliphatic heterocycles. The maximum Gasteiger partial charge on any atom is 0.163 e. The maximum atomic E-state index is 4.98. The predicted octanol–water partition coefficient (Wildman–Crippen LogP) is 2.55. The molecular formula is C18H28N6. The van der Waals surface area contributed by atoms with Gasteiger partial charge in [0, 0.05) is 33.1 Å². The lowest BCUT2D eigenvalue weighted by molar-refractivity contribution is 0.346. The molecule has 0 unspecified atom stereocenters. The Kier molecular flexibility index (Phi) is 4.39. The van der Waals surface area contributed by atoms with Gasteiger partial charge in [-0.15, -0.1) is 0 Å². The first kappa shape index (κ1) is 15.8. The maximum absolute atomic E-state index is 4.98. The van der Waals surface area contributed by atoms with Gasteiger partial charge in [0.25, 0.3) is 0 Å². The molecule has 2 aromatic heterocycles. The largest absolute Gasteiger partial charge is 0.358 e. The molecule has 6 heteroatoms. The molecular weight excluding hydrogens is 300 g/mol. The average Bonchev–Trinajstić information content (AvgIpc) is 3.34. The zero-order valence-electron chi connectivity index (χ0n) is 14.9. The summed E-state index contributed by atoms with van der Waals surface area (Å²) in [7, 11) is 4.13. The molecule has 24 heavy (non-hydrogen) atoms. The van der Waals surface area contributed by atoms with Crippen molar-refractivity contribution in [2.75, 3.05) is 38.1 Å². The van der Waals surface area contributed by atoms with E-state index < -0.39 is 0 Å². The third-order valence-electron chi connectivity index (χ3n) is 5.62. The Morgan fingerprint density at radius 1 is 1.12 bits per heavy atom. The Morgan fingerprint density at radius 2 is 1.88 bits per heavy atom. The van der Waals surface area contributed by atoms with Gasteiger partial charge in [-0.2, -0.15) is 5.10 Å². The van der Waals surface area contributed by atoms with E-state index in [1.54, 1.807) is 0 Å². The topological polar surface area (TPSA) is 50.1 Å². The number of likely N-dealkylation sites (tertiary alicyclic amines) is 1. The van der Waals surface area contributed by atoms with Crippen molar-refractivity contribution >= 4 is 16.9 Å². The van der Waals surface area contributed by atoms with Crippen LogP contribution in [0.4, 0.5) is 5.82 Å². The minimum absolute atomic E-state index is 0.523. The number of anilines is 1. The van der Waals surface area contributed by atoms with Gasteiger partial charge < -0.3 is 9.80 Å². The van der Waals surface area contributed by atoms with Crippen LogP contribution in [0.25, 0.3) is 11.0 Å². The minimum Gasteiger partial charge on any atom is -0.358 e. The van der Waals surface area contributed by atoms with Crippen molar-refractivity contribution in [2.45, 2.75) is 44.4 Å². The van der Waals surface area contributed by atoms with E-state index in [4.69, 9.17) is 9.97 Å². The molecule has 0 spiro atoms. The normalized spacial score (nSPS) is 19.6. The summed E-state index contributed by atoms with van der Waals surface area (Å²) in [6, 6.07) is 0. The molecule has 3 heterocycles. The first-order chi connectivity index (χ1) is 11.7. The summed E-state index contributed by atoms with van der Waals surface area (Å²) in [5.74, 6) is 2.59. The van der Waals surface area contributed by atoms with Gasteiger partial charge in [0.2, 0.25) is 0 Å². The zero-order chi connectivity index (χ0) is 16.5. The third-order valence-corrected chi connectivity index (χ3v) is 5.62. The Morgan fingerprint density at radius 3 is 2.62 bits per heavy atom. The Hall–Kier alpha value is -1.69. The summed E-state index contributed by atoms with van der Waals surface area (Å²) in [5, 5.41) is 5.49. The summed E-state index contributed by atoms with van der Waals surface area (Å²) in [6.07, 6.45) is 9.65. The van der Waals surface area contributed by atoms with Crippen LogP contribution >= 0.6 is 0 Å². The van der Waals surface area contributed by atoms with Crippen molar-refractivity contribution in [3.63, 3.8) is 0 Å². The van der Waals surface area contributed by atoms with Crippen LogP contribution in [0.15, 0.2) is 6.20 Å². The molecule has 2 aliphatic rings. The molecule has 130 valence electrons. The fraction of sp³-hybridized carbons (Fsp3) is 0.722. The number of aryl methyl sites for hydroxylation is 1. The van der Waals surface area contributed by atoms with Crippen LogP contribution in [0, 0.1) is 0 Å². The number of likely N-dealkylation sites (N-methyl/N-ethyl adjacent to an activating group) is 1. The van der Waals surface area contributed by atoms with Crippen LogP contribution < -0.4 is 4.90 Å². The standard InChI is InChI=1S/C18H28N6/c1-22(11-12-24-9-5-6-10-24)17-15-13-19-23(2)18(15)21-16(20-17)14-7-3-4-8-14/h13-14H,3-12H2,1-2H3. The summed E-state index contributed by atoms with van der Waals surface area (Å²) >= 11 is 0. The average molecular weight is 328 g/mol. The van der Waals surface area contributed by atoms with Gasteiger partial charge in [-0.3, -0.25) is 4.68 Å². The van der Waals surface area contributed by atoms with Crippen molar-refractivity contribution in [1.82, 2.24) is 24.6 Å². The van der Waals surface area contributed by atoms with E-state index in [-0.39, 0.29) is 0 Å². The zero-order valence-corrected chi connectivity index (χ0v) is 14.9. The summed E-state index contributed by atoms with van der Waals surface area (Å²) in [5.41, 5.74) is 0.968. The lowest BCUT2D eigenvalue weighted by atomic mass is 10.1. The fourth-order valence-electron chi connectivity index (χ4n) is 4.08. The van der Waals surface area contributed by atoms with Crippen molar-refractivity contribution in [2.24, 2.45) is 7.05 Å². The Bertz CT molecular complexity index is 697. The highest BCUT2D eigenvalue weighted by molar-refractivity contribution is 5.86. The fourth-order valence-corrected chi connectivity index (χ4v) is 4.08. The van der Waals surface area contributed by atoms with Gasteiger partial charge in [0.1, 0.15) is 11.6 Å². The Labute approximate surface area is 143 Å². The SMILES string of the molecule is CN(CCN1CCCC1)c1nc(C2CCCC2)nc2c1cnn2C. The van der Waals surface area contributed by atoms with E-state index in [1.807, 2.05) is 17.9 Å². The van der Waals surface area contributed by atoms with E-state index in [2.05, 4.69) is 21.9 Å². The van der Waals surface area contributed by atoms with Crippen molar-refractivity contribution in [3.8, 4) is 0 Å². The number of rotatable bonds is 5. The highest BCUT2D eigenvalue weighted by Crippen LogP contribution is 2.34. The molecule has 4 rings (SSSR count). The number of aromatic nitrogens is 4. The highest BCUT2D eigenvalue weighted by atomic mass is 15.3. The van der Waals surface area contributed by atoms with Crippen LogP contribution in [0.1, 0.15) is 50.3 Å². The number of fused-ring (bicyclic) bond motifs is 1. The van der Waals surface area contributed by atoms with Crippen molar-refractivity contribution in [1.29, 1.82) is 0 Å². The summed E-state index contributed by atoms with van der Waals surface area (Å²) in [6.45, 7) is 4.60. The lowest BCUT2D eigenvalue weighted by Gasteiger charge is -2.23. The number of hydrogen-bond acceptors (Lipinski definition) is 5. The van der Waals surface area contributed by atoms with Crippen LogP contribution in [-0.4, -0.2) is 57.9 Å². The second kappa shape index (κ2) is 6.67. The van der Waals surface area contributed by atoms with Gasteiger partial charge in [0.05, 0.1) is 11.6 Å². The summed E-state index contributed by atoms with van der Waals surface area (Å²) < 4.78 is 1.88. The van der Waals surface area contributed by atoms with Crippen LogP contribution in [0.5, 0.6) is 0 Å². The molecule has 2 aromatic rings. The molecule has 1 saturated carbocycles.